The summed E-state index contributed by atoms with van der Waals surface area (Å²) in [6, 6.07) is 6.76. The Kier molecular flexibility index (Phi) is 2.90. The molecule has 0 aliphatic carbocycles. The molecule has 3 rings (SSSR count). The smallest absolute Gasteiger partial charge is 0.132 e. The summed E-state index contributed by atoms with van der Waals surface area (Å²) in [6.45, 7) is 0. The Bertz CT molecular complexity index is 747. The second kappa shape index (κ2) is 4.73. The Morgan fingerprint density at radius 3 is 2.55 bits per heavy atom. The summed E-state index contributed by atoms with van der Waals surface area (Å²) < 4.78 is 28.2. The highest BCUT2D eigenvalue weighted by Crippen LogP contribution is 2.26. The van der Waals surface area contributed by atoms with Crippen LogP contribution in [0.5, 0.6) is 0 Å². The molecular weight excluding hydrogens is 262 g/mol. The van der Waals surface area contributed by atoms with Crippen LogP contribution in [-0.2, 0) is 0 Å². The number of nitrogens with zero attached hydrogens (tertiary/aromatic N) is 3. The molecule has 0 spiro atoms. The minimum absolute atomic E-state index is 0.325. The van der Waals surface area contributed by atoms with Crippen molar-refractivity contribution < 1.29 is 8.78 Å². The molecule has 20 heavy (non-hydrogen) atoms. The maximum absolute atomic E-state index is 13.3. The topological polar surface area (TPSA) is 56.7 Å². The van der Waals surface area contributed by atoms with E-state index in [0.29, 0.717) is 22.8 Å². The van der Waals surface area contributed by atoms with E-state index >= 15 is 0 Å². The van der Waals surface area contributed by atoms with Gasteiger partial charge in [-0.15, -0.1) is 0 Å². The van der Waals surface area contributed by atoms with Crippen LogP contribution in [0.1, 0.15) is 0 Å². The highest BCUT2D eigenvalue weighted by Gasteiger charge is 2.11. The molecule has 0 saturated carbocycles. The van der Waals surface area contributed by atoms with Crippen molar-refractivity contribution in [3.8, 4) is 16.9 Å². The minimum Gasteiger partial charge on any atom is -0.383 e. The van der Waals surface area contributed by atoms with Gasteiger partial charge >= 0.3 is 0 Å². The van der Waals surface area contributed by atoms with E-state index in [9.17, 15) is 8.78 Å². The van der Waals surface area contributed by atoms with Crippen LogP contribution in [0.2, 0.25) is 0 Å². The zero-order valence-corrected chi connectivity index (χ0v) is 10.3. The van der Waals surface area contributed by atoms with Gasteiger partial charge in [-0.3, -0.25) is 4.57 Å². The van der Waals surface area contributed by atoms with Crippen molar-refractivity contribution in [1.82, 2.24) is 14.5 Å². The number of halogens is 2. The fraction of sp³-hybridized carbons (Fsp3) is 0. The molecular formula is C14H10F2N4. The van der Waals surface area contributed by atoms with Gasteiger partial charge in [-0.2, -0.15) is 0 Å². The van der Waals surface area contributed by atoms with E-state index in [4.69, 9.17) is 5.73 Å². The third-order valence-corrected chi connectivity index (χ3v) is 2.88. The second-order valence-corrected chi connectivity index (χ2v) is 4.21. The van der Waals surface area contributed by atoms with Crippen molar-refractivity contribution in [3.63, 3.8) is 0 Å². The SMILES string of the molecule is Nc1ncccc1-c1cncn1-c1cc(F)cc(F)c1. The third-order valence-electron chi connectivity index (χ3n) is 2.88. The van der Waals surface area contributed by atoms with Crippen molar-refractivity contribution >= 4 is 5.82 Å². The first-order valence-corrected chi connectivity index (χ1v) is 5.85. The van der Waals surface area contributed by atoms with Crippen molar-refractivity contribution in [1.29, 1.82) is 0 Å². The second-order valence-electron chi connectivity index (χ2n) is 4.21. The van der Waals surface area contributed by atoms with Crippen molar-refractivity contribution in [2.45, 2.75) is 0 Å². The molecule has 2 heterocycles. The maximum atomic E-state index is 13.3. The average molecular weight is 272 g/mol. The first-order valence-electron chi connectivity index (χ1n) is 5.85. The fourth-order valence-electron chi connectivity index (χ4n) is 2.01. The van der Waals surface area contributed by atoms with Crippen molar-refractivity contribution in [3.05, 3.63) is 60.7 Å². The first-order chi connectivity index (χ1) is 9.65. The van der Waals surface area contributed by atoms with Gasteiger partial charge in [-0.25, -0.2) is 18.7 Å². The van der Waals surface area contributed by atoms with Gasteiger partial charge in [0.15, 0.2) is 0 Å². The molecule has 0 atom stereocenters. The molecule has 2 aromatic heterocycles. The lowest BCUT2D eigenvalue weighted by Gasteiger charge is -2.10. The minimum atomic E-state index is -0.654. The molecule has 0 bridgehead atoms. The summed E-state index contributed by atoms with van der Waals surface area (Å²) in [5.74, 6) is -0.983. The monoisotopic (exact) mass is 272 g/mol. The fourth-order valence-corrected chi connectivity index (χ4v) is 2.01. The molecule has 0 amide bonds. The number of rotatable bonds is 2. The molecule has 3 aromatic rings. The normalized spacial score (nSPS) is 10.7. The summed E-state index contributed by atoms with van der Waals surface area (Å²) >= 11 is 0. The molecule has 2 N–H and O–H groups in total. The molecule has 0 radical (unpaired) electrons. The van der Waals surface area contributed by atoms with Crippen LogP contribution in [0.4, 0.5) is 14.6 Å². The first kappa shape index (κ1) is 12.3. The molecule has 0 unspecified atom stereocenters. The van der Waals surface area contributed by atoms with Crippen molar-refractivity contribution in [2.24, 2.45) is 0 Å². The van der Waals surface area contributed by atoms with Gasteiger partial charge in [0.25, 0.3) is 0 Å². The molecule has 100 valence electrons. The van der Waals surface area contributed by atoms with Crippen LogP contribution in [0, 0.1) is 11.6 Å². The van der Waals surface area contributed by atoms with Crippen LogP contribution >= 0.6 is 0 Å². The number of anilines is 1. The van der Waals surface area contributed by atoms with E-state index in [1.54, 1.807) is 29.1 Å². The van der Waals surface area contributed by atoms with Crippen LogP contribution in [0.15, 0.2) is 49.1 Å². The van der Waals surface area contributed by atoms with Crippen LogP contribution < -0.4 is 5.73 Å². The quantitative estimate of drug-likeness (QED) is 0.780. The number of pyridine rings is 1. The Morgan fingerprint density at radius 1 is 1.10 bits per heavy atom. The number of nitrogen functional groups attached to an aromatic ring is 1. The number of hydrogen-bond donors (Lipinski definition) is 1. The predicted molar refractivity (Wildman–Crippen MR) is 71.1 cm³/mol. The van der Waals surface area contributed by atoms with E-state index in [1.807, 2.05) is 0 Å². The largest absolute Gasteiger partial charge is 0.383 e. The number of hydrogen-bond acceptors (Lipinski definition) is 3. The Morgan fingerprint density at radius 2 is 1.85 bits per heavy atom. The molecule has 1 aromatic carbocycles. The Hall–Kier alpha value is -2.76. The lowest BCUT2D eigenvalue weighted by atomic mass is 10.2. The molecule has 0 saturated heterocycles. The zero-order valence-electron chi connectivity index (χ0n) is 10.3. The highest BCUT2D eigenvalue weighted by atomic mass is 19.1. The van der Waals surface area contributed by atoms with E-state index < -0.39 is 11.6 Å². The molecule has 0 fully saturated rings. The number of benzene rings is 1. The van der Waals surface area contributed by atoms with Gasteiger partial charge in [0.2, 0.25) is 0 Å². The highest BCUT2D eigenvalue weighted by molar-refractivity contribution is 5.71. The van der Waals surface area contributed by atoms with E-state index in [2.05, 4.69) is 9.97 Å². The van der Waals surface area contributed by atoms with E-state index in [1.165, 1.54) is 18.5 Å². The molecule has 6 heteroatoms. The number of aromatic nitrogens is 3. The summed E-state index contributed by atoms with van der Waals surface area (Å²) in [6.07, 6.45) is 4.60. The molecule has 0 aliphatic heterocycles. The number of nitrogens with two attached hydrogens (primary N) is 1. The van der Waals surface area contributed by atoms with E-state index in [-0.39, 0.29) is 0 Å². The van der Waals surface area contributed by atoms with Crippen LogP contribution in [-0.4, -0.2) is 14.5 Å². The van der Waals surface area contributed by atoms with Gasteiger partial charge in [-0.1, -0.05) is 0 Å². The van der Waals surface area contributed by atoms with E-state index in [0.717, 1.165) is 6.07 Å². The lowest BCUT2D eigenvalue weighted by molar-refractivity contribution is 0.581. The summed E-state index contributed by atoms with van der Waals surface area (Å²) in [4.78, 5) is 8.00. The van der Waals surface area contributed by atoms with Gasteiger partial charge in [0, 0.05) is 17.8 Å². The maximum Gasteiger partial charge on any atom is 0.132 e. The molecule has 4 nitrogen and oxygen atoms in total. The van der Waals surface area contributed by atoms with Gasteiger partial charge in [0.1, 0.15) is 17.5 Å². The zero-order chi connectivity index (χ0) is 14.1. The predicted octanol–water partition coefficient (Wildman–Crippen LogP) is 2.79. The van der Waals surface area contributed by atoms with Crippen LogP contribution in [0.3, 0.4) is 0 Å². The average Bonchev–Trinajstić information content (AvgIpc) is 2.87. The van der Waals surface area contributed by atoms with Crippen molar-refractivity contribution in [2.75, 3.05) is 5.73 Å². The van der Waals surface area contributed by atoms with Crippen LogP contribution in [0.25, 0.3) is 16.9 Å². The third kappa shape index (κ3) is 2.11. The Balaban J connectivity index is 2.18. The van der Waals surface area contributed by atoms with Gasteiger partial charge in [0.05, 0.1) is 23.9 Å². The lowest BCUT2D eigenvalue weighted by Crippen LogP contribution is -2.00. The number of imidazole rings is 1. The Labute approximate surface area is 113 Å². The standard InChI is InChI=1S/C14H10F2N4/c15-9-4-10(16)6-11(5-9)20-8-18-7-13(20)12-2-1-3-19-14(12)17/h1-8H,(H2,17,19). The summed E-state index contributed by atoms with van der Waals surface area (Å²) in [5, 5.41) is 0. The van der Waals surface area contributed by atoms with Gasteiger partial charge < -0.3 is 5.73 Å². The van der Waals surface area contributed by atoms with Gasteiger partial charge in [-0.05, 0) is 24.3 Å². The summed E-state index contributed by atoms with van der Waals surface area (Å²) in [5.41, 5.74) is 7.41. The summed E-state index contributed by atoms with van der Waals surface area (Å²) in [7, 11) is 0. The molecule has 0 aliphatic rings.